The molecule has 0 bridgehead atoms. The monoisotopic (exact) mass is 306 g/mol. The second-order valence-electron chi connectivity index (χ2n) is 5.50. The zero-order valence-corrected chi connectivity index (χ0v) is 13.0. The number of ether oxygens (including phenoxy) is 1. The molecule has 1 saturated heterocycles. The van der Waals surface area contributed by atoms with E-state index in [4.69, 9.17) is 16.3 Å². The first-order valence-corrected chi connectivity index (χ1v) is 7.38. The zero-order valence-electron chi connectivity index (χ0n) is 12.2. The van der Waals surface area contributed by atoms with Crippen molar-refractivity contribution in [2.45, 2.75) is 5.92 Å². The number of hydrogen-bond acceptors (Lipinski definition) is 4. The summed E-state index contributed by atoms with van der Waals surface area (Å²) in [4.78, 5) is 6.37. The van der Waals surface area contributed by atoms with Crippen molar-refractivity contribution in [2.24, 2.45) is 13.0 Å². The second kappa shape index (κ2) is 6.03. The van der Waals surface area contributed by atoms with E-state index in [-0.39, 0.29) is 0 Å². The van der Waals surface area contributed by atoms with Gasteiger partial charge in [-0.1, -0.05) is 11.6 Å². The summed E-state index contributed by atoms with van der Waals surface area (Å²) in [6.07, 6.45) is 7.51. The average Bonchev–Trinajstić information content (AvgIpc) is 3.06. The number of rotatable bonds is 4. The number of aryl methyl sites for hydroxylation is 1. The van der Waals surface area contributed by atoms with Gasteiger partial charge in [-0.25, -0.2) is 0 Å². The van der Waals surface area contributed by atoms with E-state index in [1.807, 2.05) is 24.0 Å². The van der Waals surface area contributed by atoms with Crippen LogP contribution in [-0.4, -0.2) is 41.6 Å². The summed E-state index contributed by atoms with van der Waals surface area (Å²) in [5.74, 6) is 0.839. The Bertz CT molecular complexity index is 615. The lowest BCUT2D eigenvalue weighted by atomic mass is 9.92. The predicted molar refractivity (Wildman–Crippen MR) is 82.8 cm³/mol. The molecule has 5 nitrogen and oxygen atoms in total. The normalized spacial score (nSPS) is 22.0. The number of anilines is 1. The van der Waals surface area contributed by atoms with Gasteiger partial charge in [0.05, 0.1) is 23.5 Å². The molecule has 0 unspecified atom stereocenters. The maximum absolute atomic E-state index is 6.28. The zero-order chi connectivity index (χ0) is 14.8. The minimum Gasteiger partial charge on any atom is -0.384 e. The van der Waals surface area contributed by atoms with Crippen molar-refractivity contribution in [1.29, 1.82) is 0 Å². The lowest BCUT2D eigenvalue weighted by molar-refractivity contribution is 0.153. The van der Waals surface area contributed by atoms with E-state index in [2.05, 4.69) is 21.2 Å². The maximum atomic E-state index is 6.28. The lowest BCUT2D eigenvalue weighted by Gasteiger charge is -2.19. The molecule has 0 aliphatic carbocycles. The van der Waals surface area contributed by atoms with Gasteiger partial charge < -0.3 is 9.64 Å². The quantitative estimate of drug-likeness (QED) is 0.869. The number of methoxy groups -OCH3 is 1. The third kappa shape index (κ3) is 2.89. The molecule has 3 rings (SSSR count). The van der Waals surface area contributed by atoms with Gasteiger partial charge in [-0.05, 0) is 11.6 Å². The van der Waals surface area contributed by atoms with Crippen LogP contribution in [0.1, 0.15) is 11.5 Å². The van der Waals surface area contributed by atoms with E-state index in [0.29, 0.717) is 16.9 Å². The molecule has 112 valence electrons. The van der Waals surface area contributed by atoms with Gasteiger partial charge in [0.15, 0.2) is 0 Å². The van der Waals surface area contributed by atoms with Crippen LogP contribution >= 0.6 is 11.6 Å². The van der Waals surface area contributed by atoms with Gasteiger partial charge in [0.2, 0.25) is 0 Å². The van der Waals surface area contributed by atoms with Crippen LogP contribution < -0.4 is 4.90 Å². The molecular formula is C15H19ClN4O. The van der Waals surface area contributed by atoms with Crippen molar-refractivity contribution in [3.05, 3.63) is 41.4 Å². The predicted octanol–water partition coefficient (Wildman–Crippen LogP) is 2.33. The summed E-state index contributed by atoms with van der Waals surface area (Å²) in [7, 11) is 3.70. The first kappa shape index (κ1) is 14.4. The van der Waals surface area contributed by atoms with Crippen molar-refractivity contribution in [3.8, 4) is 0 Å². The summed E-state index contributed by atoms with van der Waals surface area (Å²) in [6.45, 7) is 2.58. The van der Waals surface area contributed by atoms with Crippen LogP contribution in [0.15, 0.2) is 30.9 Å². The van der Waals surface area contributed by atoms with Crippen LogP contribution in [0, 0.1) is 5.92 Å². The fourth-order valence-electron chi connectivity index (χ4n) is 3.08. The van der Waals surface area contributed by atoms with Crippen LogP contribution in [0.25, 0.3) is 0 Å². The van der Waals surface area contributed by atoms with Crippen molar-refractivity contribution in [3.63, 3.8) is 0 Å². The molecule has 2 aromatic heterocycles. The smallest absolute Gasteiger partial charge is 0.0822 e. The Morgan fingerprint density at radius 3 is 2.90 bits per heavy atom. The van der Waals surface area contributed by atoms with Crippen molar-refractivity contribution < 1.29 is 4.74 Å². The van der Waals surface area contributed by atoms with Gasteiger partial charge in [0, 0.05) is 57.7 Å². The van der Waals surface area contributed by atoms with E-state index in [9.17, 15) is 0 Å². The molecular weight excluding hydrogens is 288 g/mol. The lowest BCUT2D eigenvalue weighted by Crippen LogP contribution is -2.21. The minimum absolute atomic E-state index is 0.405. The highest BCUT2D eigenvalue weighted by Gasteiger charge is 2.35. The molecule has 0 spiro atoms. The van der Waals surface area contributed by atoms with Gasteiger partial charge >= 0.3 is 0 Å². The van der Waals surface area contributed by atoms with Crippen molar-refractivity contribution in [2.75, 3.05) is 31.7 Å². The molecule has 0 aromatic carbocycles. The molecule has 2 atom stereocenters. The number of hydrogen-bond donors (Lipinski definition) is 0. The molecule has 2 aromatic rings. The van der Waals surface area contributed by atoms with Gasteiger partial charge in [-0.2, -0.15) is 5.10 Å². The molecule has 1 aliphatic rings. The van der Waals surface area contributed by atoms with Crippen LogP contribution in [0.3, 0.4) is 0 Å². The van der Waals surface area contributed by atoms with Gasteiger partial charge in [-0.15, -0.1) is 0 Å². The number of pyridine rings is 1. The third-order valence-corrected chi connectivity index (χ3v) is 4.36. The summed E-state index contributed by atoms with van der Waals surface area (Å²) in [6, 6.07) is 1.97. The first-order valence-electron chi connectivity index (χ1n) is 7.01. The Hall–Kier alpha value is -1.59. The van der Waals surface area contributed by atoms with Crippen LogP contribution in [-0.2, 0) is 11.8 Å². The molecule has 0 amide bonds. The van der Waals surface area contributed by atoms with E-state index in [1.165, 1.54) is 5.56 Å². The molecule has 0 saturated carbocycles. The van der Waals surface area contributed by atoms with Crippen molar-refractivity contribution in [1.82, 2.24) is 14.8 Å². The van der Waals surface area contributed by atoms with Crippen molar-refractivity contribution >= 4 is 17.3 Å². The van der Waals surface area contributed by atoms with E-state index in [0.717, 1.165) is 25.4 Å². The largest absolute Gasteiger partial charge is 0.384 e. The number of aromatic nitrogens is 3. The highest BCUT2D eigenvalue weighted by atomic mass is 35.5. The standard InChI is InChI=1S/C15H19ClN4O/c1-19-7-11(5-18-19)13-9-20(8-12(13)10-21-2)15-3-4-17-6-14(15)16/h3-7,12-13H,8-10H2,1-2H3/t12-,13-/m0/s1. The topological polar surface area (TPSA) is 43.2 Å². The SMILES string of the molecule is COC[C@@H]1CN(c2ccncc2Cl)C[C@H]1c1cnn(C)c1. The summed E-state index contributed by atoms with van der Waals surface area (Å²) in [5, 5.41) is 4.99. The molecule has 0 N–H and O–H groups in total. The van der Waals surface area contributed by atoms with Gasteiger partial charge in [-0.3, -0.25) is 9.67 Å². The Kier molecular flexibility index (Phi) is 4.12. The van der Waals surface area contributed by atoms with Crippen LogP contribution in [0.2, 0.25) is 5.02 Å². The minimum atomic E-state index is 0.405. The Morgan fingerprint density at radius 1 is 1.38 bits per heavy atom. The fraction of sp³-hybridized carbons (Fsp3) is 0.467. The second-order valence-corrected chi connectivity index (χ2v) is 5.91. The maximum Gasteiger partial charge on any atom is 0.0822 e. The Morgan fingerprint density at radius 2 is 2.24 bits per heavy atom. The Labute approximate surface area is 129 Å². The molecule has 1 aliphatic heterocycles. The van der Waals surface area contributed by atoms with Gasteiger partial charge in [0.25, 0.3) is 0 Å². The van der Waals surface area contributed by atoms with E-state index < -0.39 is 0 Å². The number of halogens is 1. The fourth-order valence-corrected chi connectivity index (χ4v) is 3.32. The summed E-state index contributed by atoms with van der Waals surface area (Å²) < 4.78 is 7.25. The summed E-state index contributed by atoms with van der Waals surface area (Å²) >= 11 is 6.28. The molecule has 1 fully saturated rings. The molecule has 21 heavy (non-hydrogen) atoms. The van der Waals surface area contributed by atoms with Crippen LogP contribution in [0.4, 0.5) is 5.69 Å². The highest BCUT2D eigenvalue weighted by Crippen LogP contribution is 2.37. The molecule has 0 radical (unpaired) electrons. The van der Waals surface area contributed by atoms with E-state index >= 15 is 0 Å². The molecule has 6 heteroatoms. The summed E-state index contributed by atoms with van der Waals surface area (Å²) in [5.41, 5.74) is 2.30. The molecule has 3 heterocycles. The van der Waals surface area contributed by atoms with Gasteiger partial charge in [0.1, 0.15) is 0 Å². The average molecular weight is 307 g/mol. The number of nitrogens with zero attached hydrogens (tertiary/aromatic N) is 4. The highest BCUT2D eigenvalue weighted by molar-refractivity contribution is 6.33. The first-order chi connectivity index (χ1) is 10.2. The van der Waals surface area contributed by atoms with Crippen LogP contribution in [0.5, 0.6) is 0 Å². The van der Waals surface area contributed by atoms with E-state index in [1.54, 1.807) is 19.5 Å². The third-order valence-electron chi connectivity index (χ3n) is 4.07. The Balaban J connectivity index is 1.86.